The first kappa shape index (κ1) is 29.8. The van der Waals surface area contributed by atoms with E-state index in [1.807, 2.05) is 29.2 Å². The van der Waals surface area contributed by atoms with Crippen LogP contribution < -0.4 is 0 Å². The van der Waals surface area contributed by atoms with Crippen LogP contribution in [-0.2, 0) is 5.41 Å². The molecule has 52 heavy (non-hydrogen) atoms. The van der Waals surface area contributed by atoms with E-state index in [4.69, 9.17) is 0 Å². The molecule has 7 aromatic carbocycles. The lowest BCUT2D eigenvalue weighted by atomic mass is 9.67. The van der Waals surface area contributed by atoms with Gasteiger partial charge in [-0.3, -0.25) is 0 Å². The van der Waals surface area contributed by atoms with Gasteiger partial charge in [0, 0.05) is 46.9 Å². The molecule has 1 spiro atoms. The maximum atomic E-state index is 4.10. The molecule has 1 aliphatic carbocycles. The summed E-state index contributed by atoms with van der Waals surface area (Å²) < 4.78 is 5.02. The first-order valence-corrected chi connectivity index (χ1v) is 19.3. The maximum absolute atomic E-state index is 4.10. The van der Waals surface area contributed by atoms with Crippen LogP contribution in [0, 0.1) is 0 Å². The number of thiophene rings is 1. The highest BCUT2D eigenvalue weighted by Crippen LogP contribution is 2.62. The molecule has 2 aromatic heterocycles. The van der Waals surface area contributed by atoms with E-state index in [9.17, 15) is 0 Å². The standard InChI is InChI=1S/C49H31NS2/c1-2-13-31(32-24-25-46-38(28-32)35-16-5-10-21-45(35)51-46)26-27-50-43-20-9-4-15-34(43)37-29-36-33-14-3-6-17-39(33)49(42(36)30-44(37)50)40-18-7-11-22-47(40)52-48-23-12-8-19-41(48)49/h2-30H,1H2/b27-26-,31-13+. The van der Waals surface area contributed by atoms with E-state index in [0.717, 1.165) is 5.57 Å². The van der Waals surface area contributed by atoms with Gasteiger partial charge < -0.3 is 4.57 Å². The smallest absolute Gasteiger partial charge is 0.0736 e. The van der Waals surface area contributed by atoms with Crippen LogP contribution in [0.4, 0.5) is 0 Å². The van der Waals surface area contributed by atoms with Crippen molar-refractivity contribution in [3.05, 3.63) is 204 Å². The lowest BCUT2D eigenvalue weighted by Gasteiger charge is -2.39. The van der Waals surface area contributed by atoms with Crippen molar-refractivity contribution in [2.45, 2.75) is 15.2 Å². The van der Waals surface area contributed by atoms with Crippen LogP contribution in [-0.4, -0.2) is 4.57 Å². The molecule has 0 bridgehead atoms. The second-order valence-corrected chi connectivity index (χ2v) is 15.8. The fraction of sp³-hybridized carbons (Fsp3) is 0.0204. The topological polar surface area (TPSA) is 4.93 Å². The normalized spacial score (nSPS) is 14.3. The fourth-order valence-corrected chi connectivity index (χ4v) is 11.2. The molecule has 3 heteroatoms. The summed E-state index contributed by atoms with van der Waals surface area (Å²) in [5.41, 5.74) is 12.3. The number of allylic oxidation sites excluding steroid dienone is 4. The van der Waals surface area contributed by atoms with E-state index < -0.39 is 5.41 Å². The molecule has 2 aliphatic rings. The minimum Gasteiger partial charge on any atom is -0.316 e. The van der Waals surface area contributed by atoms with Crippen molar-refractivity contribution in [3.63, 3.8) is 0 Å². The molecule has 0 fully saturated rings. The third kappa shape index (κ3) is 4.06. The number of hydrogen-bond acceptors (Lipinski definition) is 2. The number of para-hydroxylation sites is 1. The summed E-state index contributed by atoms with van der Waals surface area (Å²) in [4.78, 5) is 2.64. The zero-order chi connectivity index (χ0) is 34.4. The monoisotopic (exact) mass is 697 g/mol. The van der Waals surface area contributed by atoms with Crippen molar-refractivity contribution in [2.75, 3.05) is 0 Å². The predicted molar refractivity (Wildman–Crippen MR) is 224 cm³/mol. The summed E-state index contributed by atoms with van der Waals surface area (Å²) in [7, 11) is 0. The Bertz CT molecular complexity index is 2980. The van der Waals surface area contributed by atoms with Crippen molar-refractivity contribution < 1.29 is 0 Å². The summed E-state index contributed by atoms with van der Waals surface area (Å²) in [5, 5.41) is 5.12. The van der Waals surface area contributed by atoms with E-state index in [-0.39, 0.29) is 0 Å². The van der Waals surface area contributed by atoms with Gasteiger partial charge in [-0.05, 0) is 99.1 Å². The molecule has 1 aliphatic heterocycles. The van der Waals surface area contributed by atoms with Gasteiger partial charge in [0.1, 0.15) is 0 Å². The lowest BCUT2D eigenvalue weighted by molar-refractivity contribution is 0.723. The van der Waals surface area contributed by atoms with E-state index in [1.165, 1.54) is 90.7 Å². The van der Waals surface area contributed by atoms with E-state index in [0.29, 0.717) is 0 Å². The Morgan fingerprint density at radius 3 is 2.02 bits per heavy atom. The lowest BCUT2D eigenvalue weighted by Crippen LogP contribution is -2.31. The zero-order valence-electron chi connectivity index (χ0n) is 28.2. The fourth-order valence-electron chi connectivity index (χ4n) is 8.94. The second-order valence-electron chi connectivity index (χ2n) is 13.7. The van der Waals surface area contributed by atoms with Crippen LogP contribution in [0.5, 0.6) is 0 Å². The molecule has 0 saturated carbocycles. The van der Waals surface area contributed by atoms with E-state index >= 15 is 0 Å². The van der Waals surface area contributed by atoms with Gasteiger partial charge >= 0.3 is 0 Å². The molecule has 244 valence electrons. The third-order valence-electron chi connectivity index (χ3n) is 11.1. The third-order valence-corrected chi connectivity index (χ3v) is 13.4. The van der Waals surface area contributed by atoms with Gasteiger partial charge in [0.15, 0.2) is 0 Å². The average molecular weight is 698 g/mol. The molecule has 0 unspecified atom stereocenters. The summed E-state index contributed by atoms with van der Waals surface area (Å²) in [6.07, 6.45) is 8.53. The van der Waals surface area contributed by atoms with Gasteiger partial charge in [0.05, 0.1) is 16.4 Å². The van der Waals surface area contributed by atoms with Crippen LogP contribution in [0.25, 0.3) is 64.9 Å². The van der Waals surface area contributed by atoms with Crippen LogP contribution in [0.2, 0.25) is 0 Å². The van der Waals surface area contributed by atoms with E-state index in [2.05, 4.69) is 181 Å². The first-order valence-electron chi connectivity index (χ1n) is 17.7. The number of aromatic nitrogens is 1. The molecule has 1 nitrogen and oxygen atoms in total. The van der Waals surface area contributed by atoms with Gasteiger partial charge in [0.25, 0.3) is 0 Å². The van der Waals surface area contributed by atoms with Crippen LogP contribution in [0.3, 0.4) is 0 Å². The Kier molecular flexibility index (Phi) is 6.49. The number of hydrogen-bond donors (Lipinski definition) is 0. The first-order chi connectivity index (χ1) is 25.7. The highest BCUT2D eigenvalue weighted by atomic mass is 32.2. The second kappa shape index (κ2) is 11.3. The highest BCUT2D eigenvalue weighted by molar-refractivity contribution is 7.99. The molecule has 11 rings (SSSR count). The average Bonchev–Trinajstić information content (AvgIpc) is 3.82. The summed E-state index contributed by atoms with van der Waals surface area (Å²) in [6.45, 7) is 4.10. The quantitative estimate of drug-likeness (QED) is 0.166. The molecule has 0 amide bonds. The van der Waals surface area contributed by atoms with Crippen molar-refractivity contribution in [2.24, 2.45) is 0 Å². The Morgan fingerprint density at radius 2 is 1.21 bits per heavy atom. The molecule has 9 aromatic rings. The molecule has 0 atom stereocenters. The van der Waals surface area contributed by atoms with Crippen LogP contribution in [0.15, 0.2) is 186 Å². The maximum Gasteiger partial charge on any atom is 0.0736 e. The van der Waals surface area contributed by atoms with Gasteiger partial charge in [-0.25, -0.2) is 0 Å². The molecular formula is C49H31NS2. The largest absolute Gasteiger partial charge is 0.316 e. The van der Waals surface area contributed by atoms with Crippen LogP contribution >= 0.6 is 23.1 Å². The number of rotatable bonds is 4. The minimum absolute atomic E-state index is 0.420. The number of benzene rings is 7. The predicted octanol–water partition coefficient (Wildman–Crippen LogP) is 13.7. The van der Waals surface area contributed by atoms with Crippen LogP contribution in [0.1, 0.15) is 27.8 Å². The van der Waals surface area contributed by atoms with Gasteiger partial charge in [-0.1, -0.05) is 134 Å². The summed E-state index contributed by atoms with van der Waals surface area (Å²) >= 11 is 3.74. The Morgan fingerprint density at radius 1 is 0.538 bits per heavy atom. The molecule has 0 N–H and O–H groups in total. The van der Waals surface area contributed by atoms with Crippen molar-refractivity contribution in [1.82, 2.24) is 4.57 Å². The van der Waals surface area contributed by atoms with Crippen molar-refractivity contribution >= 4 is 76.8 Å². The SMILES string of the molecule is C=C/C=C(\C=C/n1c2ccccc2c2cc3c(cc21)C1(c2ccccc2Sc2ccccc21)c1ccccc1-3)c1ccc2sc3ccccc3c2c1. The molecule has 0 saturated heterocycles. The molecule has 0 radical (unpaired) electrons. The zero-order valence-corrected chi connectivity index (χ0v) is 29.8. The Balaban J connectivity index is 1.16. The summed E-state index contributed by atoms with van der Waals surface area (Å²) in [6, 6.07) is 56.5. The number of nitrogens with zero attached hydrogens (tertiary/aromatic N) is 1. The van der Waals surface area contributed by atoms with Crippen molar-refractivity contribution in [1.29, 1.82) is 0 Å². The van der Waals surface area contributed by atoms with Gasteiger partial charge in [-0.2, -0.15) is 0 Å². The van der Waals surface area contributed by atoms with E-state index in [1.54, 1.807) is 0 Å². The molecule has 3 heterocycles. The summed E-state index contributed by atoms with van der Waals surface area (Å²) in [5.74, 6) is 0. The Labute approximate surface area is 310 Å². The van der Waals surface area contributed by atoms with Gasteiger partial charge in [-0.15, -0.1) is 11.3 Å². The minimum atomic E-state index is -0.420. The number of fused-ring (bicyclic) bond motifs is 15. The highest BCUT2D eigenvalue weighted by Gasteiger charge is 2.50. The van der Waals surface area contributed by atoms with Crippen molar-refractivity contribution in [3.8, 4) is 11.1 Å². The Hall–Kier alpha value is -5.87. The van der Waals surface area contributed by atoms with Gasteiger partial charge in [0.2, 0.25) is 0 Å². The molecular weight excluding hydrogens is 667 g/mol.